The summed E-state index contributed by atoms with van der Waals surface area (Å²) < 4.78 is 24.4. The summed E-state index contributed by atoms with van der Waals surface area (Å²) in [6, 6.07) is 3.87. The second-order valence-electron chi connectivity index (χ2n) is 6.06. The number of hydrogen-bond donors (Lipinski definition) is 2. The van der Waals surface area contributed by atoms with E-state index in [-0.39, 0.29) is 24.5 Å². The average Bonchev–Trinajstić information content (AvgIpc) is 2.48. The minimum absolute atomic E-state index is 0.0471. The maximum Gasteiger partial charge on any atom is 0.408 e. The smallest absolute Gasteiger partial charge is 0.408 e. The zero-order chi connectivity index (χ0) is 18.2. The molecule has 1 aromatic carbocycles. The number of carbonyl (C=O) groups is 1. The van der Waals surface area contributed by atoms with Gasteiger partial charge < -0.3 is 19.9 Å². The van der Waals surface area contributed by atoms with Gasteiger partial charge in [0.15, 0.2) is 0 Å². The third-order valence-electron chi connectivity index (χ3n) is 2.79. The molecule has 0 aromatic heterocycles. The highest BCUT2D eigenvalue weighted by molar-refractivity contribution is 5.68. The van der Waals surface area contributed by atoms with Crippen LogP contribution in [0.15, 0.2) is 18.2 Å². The van der Waals surface area contributed by atoms with Gasteiger partial charge in [0.05, 0.1) is 12.6 Å². The van der Waals surface area contributed by atoms with Gasteiger partial charge in [-0.05, 0) is 39.3 Å². The Morgan fingerprint density at radius 2 is 2.12 bits per heavy atom. The predicted molar refractivity (Wildman–Crippen MR) is 89.3 cm³/mol. The van der Waals surface area contributed by atoms with Gasteiger partial charge in [-0.1, -0.05) is 24.8 Å². The fourth-order valence-corrected chi connectivity index (χ4v) is 1.75. The van der Waals surface area contributed by atoms with E-state index in [1.54, 1.807) is 26.8 Å². The third kappa shape index (κ3) is 6.88. The molecule has 1 amide bonds. The molecule has 6 heteroatoms. The van der Waals surface area contributed by atoms with Crippen molar-refractivity contribution in [1.29, 1.82) is 0 Å². The molecule has 0 aliphatic rings. The van der Waals surface area contributed by atoms with Crippen LogP contribution in [-0.4, -0.2) is 36.1 Å². The van der Waals surface area contributed by atoms with Crippen LogP contribution in [0.2, 0.25) is 0 Å². The van der Waals surface area contributed by atoms with Gasteiger partial charge in [0.1, 0.15) is 29.3 Å². The van der Waals surface area contributed by atoms with E-state index in [4.69, 9.17) is 14.6 Å². The molecule has 0 aliphatic heterocycles. The SMILES string of the molecule is CC[C@H](C#Cc1c(F)cccc1OCCO)NC(=O)OC(C)(C)C. The number of carbonyl (C=O) groups excluding carboxylic acids is 1. The number of benzene rings is 1. The monoisotopic (exact) mass is 337 g/mol. The highest BCUT2D eigenvalue weighted by atomic mass is 19.1. The Morgan fingerprint density at radius 3 is 2.71 bits per heavy atom. The molecule has 5 nitrogen and oxygen atoms in total. The molecule has 2 N–H and O–H groups in total. The molecule has 24 heavy (non-hydrogen) atoms. The van der Waals surface area contributed by atoms with Crippen molar-refractivity contribution >= 4 is 6.09 Å². The number of nitrogens with one attached hydrogen (secondary N) is 1. The van der Waals surface area contributed by atoms with Crippen molar-refractivity contribution in [2.24, 2.45) is 0 Å². The summed E-state index contributed by atoms with van der Waals surface area (Å²) >= 11 is 0. The highest BCUT2D eigenvalue weighted by Gasteiger charge is 2.18. The Morgan fingerprint density at radius 1 is 1.42 bits per heavy atom. The van der Waals surface area contributed by atoms with Crippen molar-refractivity contribution in [2.75, 3.05) is 13.2 Å². The van der Waals surface area contributed by atoms with Gasteiger partial charge in [0, 0.05) is 0 Å². The van der Waals surface area contributed by atoms with Gasteiger partial charge in [-0.2, -0.15) is 0 Å². The van der Waals surface area contributed by atoms with Crippen LogP contribution in [0.4, 0.5) is 9.18 Å². The van der Waals surface area contributed by atoms with Crippen LogP contribution in [0, 0.1) is 17.7 Å². The minimum atomic E-state index is -0.605. The van der Waals surface area contributed by atoms with E-state index < -0.39 is 23.6 Å². The molecule has 0 fully saturated rings. The Hall–Kier alpha value is -2.26. The van der Waals surface area contributed by atoms with Crippen molar-refractivity contribution in [3.8, 4) is 17.6 Å². The number of amides is 1. The maximum atomic E-state index is 14.0. The van der Waals surface area contributed by atoms with Crippen LogP contribution in [-0.2, 0) is 4.74 Å². The van der Waals surface area contributed by atoms with Gasteiger partial charge in [-0.3, -0.25) is 0 Å². The summed E-state index contributed by atoms with van der Waals surface area (Å²) in [4.78, 5) is 11.8. The van der Waals surface area contributed by atoms with Crippen molar-refractivity contribution in [3.63, 3.8) is 0 Å². The van der Waals surface area contributed by atoms with E-state index >= 15 is 0 Å². The third-order valence-corrected chi connectivity index (χ3v) is 2.79. The molecule has 0 heterocycles. The second-order valence-corrected chi connectivity index (χ2v) is 6.06. The lowest BCUT2D eigenvalue weighted by atomic mass is 10.1. The molecule has 0 saturated heterocycles. The summed E-state index contributed by atoms with van der Waals surface area (Å²) in [5, 5.41) is 11.5. The van der Waals surface area contributed by atoms with Crippen LogP contribution >= 0.6 is 0 Å². The van der Waals surface area contributed by atoms with Crippen molar-refractivity contribution < 1.29 is 23.8 Å². The fraction of sp³-hybridized carbons (Fsp3) is 0.500. The molecular formula is C18H24FNO4. The van der Waals surface area contributed by atoms with E-state index in [1.165, 1.54) is 12.1 Å². The fourth-order valence-electron chi connectivity index (χ4n) is 1.75. The van der Waals surface area contributed by atoms with Crippen molar-refractivity contribution in [2.45, 2.75) is 45.8 Å². The lowest BCUT2D eigenvalue weighted by Crippen LogP contribution is -2.38. The number of halogens is 1. The first-order chi connectivity index (χ1) is 11.3. The van der Waals surface area contributed by atoms with Gasteiger partial charge >= 0.3 is 6.09 Å². The molecule has 0 radical (unpaired) electrons. The molecule has 0 spiro atoms. The maximum absolute atomic E-state index is 14.0. The zero-order valence-electron chi connectivity index (χ0n) is 14.5. The number of rotatable bonds is 5. The average molecular weight is 337 g/mol. The normalized spacial score (nSPS) is 11.9. The predicted octanol–water partition coefficient (Wildman–Crippen LogP) is 2.85. The van der Waals surface area contributed by atoms with Crippen molar-refractivity contribution in [3.05, 3.63) is 29.6 Å². The Bertz CT molecular complexity index is 614. The summed E-state index contributed by atoms with van der Waals surface area (Å²) in [5.74, 6) is 5.25. The van der Waals surface area contributed by atoms with Crippen LogP contribution < -0.4 is 10.1 Å². The first kappa shape index (κ1) is 19.8. The molecule has 1 atom stereocenters. The first-order valence-electron chi connectivity index (χ1n) is 7.80. The topological polar surface area (TPSA) is 67.8 Å². The number of aliphatic hydroxyl groups excluding tert-OH is 1. The molecule has 0 saturated carbocycles. The van der Waals surface area contributed by atoms with E-state index in [0.717, 1.165) is 0 Å². The lowest BCUT2D eigenvalue weighted by Gasteiger charge is -2.21. The lowest BCUT2D eigenvalue weighted by molar-refractivity contribution is 0.0515. The number of ether oxygens (including phenoxy) is 2. The van der Waals surface area contributed by atoms with Crippen LogP contribution in [0.3, 0.4) is 0 Å². The van der Waals surface area contributed by atoms with Gasteiger partial charge in [0.2, 0.25) is 0 Å². The quantitative estimate of drug-likeness (QED) is 0.811. The molecule has 0 aliphatic carbocycles. The standard InChI is InChI=1S/C18H24FNO4/c1-5-13(20-17(22)24-18(2,3)4)9-10-14-15(19)7-6-8-16(14)23-12-11-21/h6-8,13,21H,5,11-12H2,1-4H3,(H,20,22)/t13-/m1/s1. The Kier molecular flexibility index (Phi) is 7.53. The molecule has 1 rings (SSSR count). The number of alkyl carbamates (subject to hydrolysis) is 1. The summed E-state index contributed by atoms with van der Waals surface area (Å²) in [7, 11) is 0. The number of hydrogen-bond acceptors (Lipinski definition) is 4. The molecular weight excluding hydrogens is 313 g/mol. The largest absolute Gasteiger partial charge is 0.490 e. The minimum Gasteiger partial charge on any atom is -0.490 e. The van der Waals surface area contributed by atoms with Crippen LogP contribution in [0.25, 0.3) is 0 Å². The summed E-state index contributed by atoms with van der Waals surface area (Å²) in [6.45, 7) is 7.02. The number of aliphatic hydroxyl groups is 1. The Balaban J connectivity index is 2.89. The van der Waals surface area contributed by atoms with Crippen molar-refractivity contribution in [1.82, 2.24) is 5.32 Å². The summed E-state index contributed by atoms with van der Waals surface area (Å²) in [5.41, 5.74) is -0.512. The highest BCUT2D eigenvalue weighted by Crippen LogP contribution is 2.20. The van der Waals surface area contributed by atoms with E-state index in [1.807, 2.05) is 6.92 Å². The van der Waals surface area contributed by atoms with Gasteiger partial charge in [-0.25, -0.2) is 9.18 Å². The molecule has 0 unspecified atom stereocenters. The molecule has 1 aromatic rings. The summed E-state index contributed by atoms with van der Waals surface area (Å²) in [6.07, 6.45) is -0.0398. The molecule has 0 bridgehead atoms. The molecule has 132 valence electrons. The second kappa shape index (κ2) is 9.14. The van der Waals surface area contributed by atoms with E-state index in [2.05, 4.69) is 17.2 Å². The van der Waals surface area contributed by atoms with E-state index in [9.17, 15) is 9.18 Å². The van der Waals surface area contributed by atoms with Gasteiger partial charge in [0.25, 0.3) is 0 Å². The van der Waals surface area contributed by atoms with Crippen LogP contribution in [0.5, 0.6) is 5.75 Å². The zero-order valence-corrected chi connectivity index (χ0v) is 14.5. The van der Waals surface area contributed by atoms with Crippen LogP contribution in [0.1, 0.15) is 39.7 Å². The first-order valence-corrected chi connectivity index (χ1v) is 7.80. The van der Waals surface area contributed by atoms with Gasteiger partial charge in [-0.15, -0.1) is 0 Å². The Labute approximate surface area is 142 Å². The van der Waals surface area contributed by atoms with E-state index in [0.29, 0.717) is 6.42 Å².